The average Bonchev–Trinajstić information content (AvgIpc) is 3.46. The van der Waals surface area contributed by atoms with E-state index in [0.29, 0.717) is 17.4 Å². The number of allylic oxidation sites excluding steroid dienone is 26. The van der Waals surface area contributed by atoms with Gasteiger partial charge in [0.05, 0.1) is 40.3 Å². The van der Waals surface area contributed by atoms with Gasteiger partial charge >= 0.3 is 11.9 Å². The van der Waals surface area contributed by atoms with Crippen LogP contribution in [0.3, 0.4) is 0 Å². The molecular weight excluding hydrogens is 1030 g/mol. The summed E-state index contributed by atoms with van der Waals surface area (Å²) in [5.74, 6) is -2.36. The summed E-state index contributed by atoms with van der Waals surface area (Å²) in [5.41, 5.74) is 0. The van der Waals surface area contributed by atoms with Gasteiger partial charge in [-0.05, 0) is 122 Å². The van der Waals surface area contributed by atoms with E-state index in [1.54, 1.807) is 0 Å². The molecule has 0 rings (SSSR count). The Balaban J connectivity index is 4.27. The van der Waals surface area contributed by atoms with Crippen LogP contribution in [0.25, 0.3) is 0 Å². The maximum absolute atomic E-state index is 12.9. The van der Waals surface area contributed by atoms with Crippen LogP contribution in [0, 0.1) is 0 Å². The minimum absolute atomic E-state index is 0.131. The van der Waals surface area contributed by atoms with Gasteiger partial charge in [0.2, 0.25) is 0 Å². The first kappa shape index (κ1) is 77.9. The number of likely N-dealkylation sites (N-methyl/N-ethyl adjacent to an activating group) is 1. The summed E-state index contributed by atoms with van der Waals surface area (Å²) >= 11 is 0. The molecular formula is C74H119NO8. The third-order valence-corrected chi connectivity index (χ3v) is 13.3. The summed E-state index contributed by atoms with van der Waals surface area (Å²) in [4.78, 5) is 37.4. The monoisotopic (exact) mass is 1150 g/mol. The zero-order valence-electron chi connectivity index (χ0n) is 53.2. The van der Waals surface area contributed by atoms with Gasteiger partial charge in [0, 0.05) is 12.8 Å². The van der Waals surface area contributed by atoms with Crippen molar-refractivity contribution < 1.29 is 42.9 Å². The van der Waals surface area contributed by atoms with Crippen molar-refractivity contribution in [3.63, 3.8) is 0 Å². The number of carbonyl (C=O) groups is 3. The van der Waals surface area contributed by atoms with Crippen LogP contribution in [-0.2, 0) is 33.3 Å². The number of carbonyl (C=O) groups excluding carboxylic acids is 3. The van der Waals surface area contributed by atoms with Crippen LogP contribution < -0.4 is 5.11 Å². The van der Waals surface area contributed by atoms with Gasteiger partial charge in [-0.15, -0.1) is 0 Å². The molecule has 0 amide bonds. The smallest absolute Gasteiger partial charge is 0.306 e. The highest BCUT2D eigenvalue weighted by molar-refractivity contribution is 5.70. The summed E-state index contributed by atoms with van der Waals surface area (Å²) in [6.45, 7) is 4.45. The van der Waals surface area contributed by atoms with E-state index in [9.17, 15) is 19.5 Å². The SMILES string of the molecule is CC/C=C\C/C=C\C/C=C\C/C=C\C/C=C\C/C=C\C/C=C\C/C=C\CCCCC(=O)OC(COC(=O)CCCCCCCCCCCCCCCCC/C=C\C/C=C\C/C=C\C/C=C\C/C=C\CC)COC(OCC[N+](C)(C)C)C(=O)[O-]. The van der Waals surface area contributed by atoms with Crippen molar-refractivity contribution in [3.05, 3.63) is 158 Å². The van der Waals surface area contributed by atoms with Crippen LogP contribution >= 0.6 is 0 Å². The van der Waals surface area contributed by atoms with E-state index < -0.39 is 24.3 Å². The molecule has 83 heavy (non-hydrogen) atoms. The molecule has 0 aliphatic carbocycles. The van der Waals surface area contributed by atoms with Gasteiger partial charge in [-0.2, -0.15) is 0 Å². The Morgan fingerprint density at radius 1 is 0.361 bits per heavy atom. The van der Waals surface area contributed by atoms with E-state index in [2.05, 4.69) is 172 Å². The predicted octanol–water partition coefficient (Wildman–Crippen LogP) is 18.8. The van der Waals surface area contributed by atoms with Crippen molar-refractivity contribution in [2.75, 3.05) is 47.5 Å². The largest absolute Gasteiger partial charge is 0.545 e. The molecule has 2 unspecified atom stereocenters. The third kappa shape index (κ3) is 64.3. The number of nitrogens with zero attached hydrogens (tertiary/aromatic N) is 1. The third-order valence-electron chi connectivity index (χ3n) is 13.3. The lowest BCUT2D eigenvalue weighted by Crippen LogP contribution is -2.44. The molecule has 0 saturated heterocycles. The molecule has 0 aromatic carbocycles. The Hall–Kier alpha value is -5.09. The van der Waals surface area contributed by atoms with Gasteiger partial charge in [-0.25, -0.2) is 0 Å². The number of hydrogen-bond acceptors (Lipinski definition) is 8. The Kier molecular flexibility index (Phi) is 59.1. The fourth-order valence-corrected chi connectivity index (χ4v) is 8.34. The summed E-state index contributed by atoms with van der Waals surface area (Å²) in [6, 6.07) is 0. The molecule has 2 atom stereocenters. The first-order valence-electron chi connectivity index (χ1n) is 32.6. The number of esters is 2. The van der Waals surface area contributed by atoms with Gasteiger partial charge in [0.1, 0.15) is 13.2 Å². The number of rotatable bonds is 58. The number of hydrogen-bond donors (Lipinski definition) is 0. The van der Waals surface area contributed by atoms with Gasteiger partial charge < -0.3 is 33.3 Å². The minimum Gasteiger partial charge on any atom is -0.545 e. The van der Waals surface area contributed by atoms with Crippen LogP contribution in [-0.4, -0.2) is 82.3 Å². The molecule has 0 aromatic rings. The highest BCUT2D eigenvalue weighted by Crippen LogP contribution is 2.15. The first-order valence-corrected chi connectivity index (χ1v) is 32.6. The predicted molar refractivity (Wildman–Crippen MR) is 352 cm³/mol. The van der Waals surface area contributed by atoms with Gasteiger partial charge in [0.25, 0.3) is 0 Å². The second kappa shape index (κ2) is 62.9. The topological polar surface area (TPSA) is 111 Å². The Morgan fingerprint density at radius 3 is 0.988 bits per heavy atom. The van der Waals surface area contributed by atoms with Crippen LogP contribution in [0.5, 0.6) is 0 Å². The Labute approximate surface area is 508 Å². The Morgan fingerprint density at radius 2 is 0.651 bits per heavy atom. The number of unbranched alkanes of at least 4 members (excludes halogenated alkanes) is 17. The number of aliphatic carboxylic acids is 1. The molecule has 9 heteroatoms. The van der Waals surface area contributed by atoms with E-state index in [1.807, 2.05) is 21.1 Å². The molecule has 0 heterocycles. The molecule has 0 spiro atoms. The first-order chi connectivity index (χ1) is 40.6. The number of carboxylic acids is 1. The normalized spacial score (nSPS) is 13.8. The standard InChI is InChI=1S/C74H119NO8/c1-6-8-10-12-14-16-18-20-22-24-26-28-30-32-34-35-36-37-39-40-42-44-46-48-50-52-54-56-58-60-62-64-71(76)81-68-70(69-82-74(73(78)79)80-67-66-75(3,4)5)83-72(77)65-63-61-59-57-55-53-51-49-47-45-43-41-38-33-31-29-27-25-23-21-19-17-15-13-11-9-7-2/h8-11,14-17,20-23,26-29,32-34,38,43,45,49,51,55,57,70,74H,6-7,12-13,18-19,24-25,30-31,35-37,39-42,44,46-48,50,52-54,56,58-69H2,1-5H3/b10-8-,11-9-,16-14-,17-15-,22-20-,23-21-,28-26-,29-27-,34-32-,38-33-,45-43-,51-49-,57-55-. The Bertz CT molecular complexity index is 1920. The molecule has 468 valence electrons. The number of carboxylic acid groups (broad SMARTS) is 1. The lowest BCUT2D eigenvalue weighted by molar-refractivity contribution is -0.870. The molecule has 0 N–H and O–H groups in total. The fraction of sp³-hybridized carbons (Fsp3) is 0.608. The maximum Gasteiger partial charge on any atom is 0.306 e. The van der Waals surface area contributed by atoms with Crippen molar-refractivity contribution in [2.24, 2.45) is 0 Å². The maximum atomic E-state index is 12.9. The second-order valence-corrected chi connectivity index (χ2v) is 22.3. The molecule has 0 aliphatic rings. The zero-order chi connectivity index (χ0) is 60.5. The van der Waals surface area contributed by atoms with Crippen molar-refractivity contribution in [3.8, 4) is 0 Å². The summed E-state index contributed by atoms with van der Waals surface area (Å²) in [7, 11) is 5.90. The van der Waals surface area contributed by atoms with Crippen LogP contribution in [0.15, 0.2) is 158 Å². The minimum atomic E-state index is -1.64. The molecule has 0 saturated carbocycles. The zero-order valence-corrected chi connectivity index (χ0v) is 53.2. The molecule has 0 fully saturated rings. The number of quaternary nitrogens is 1. The lowest BCUT2D eigenvalue weighted by atomic mass is 10.0. The van der Waals surface area contributed by atoms with E-state index in [0.717, 1.165) is 116 Å². The molecule has 0 bridgehead atoms. The van der Waals surface area contributed by atoms with Crippen LogP contribution in [0.4, 0.5) is 0 Å². The highest BCUT2D eigenvalue weighted by atomic mass is 16.7. The van der Waals surface area contributed by atoms with E-state index in [4.69, 9.17) is 18.9 Å². The van der Waals surface area contributed by atoms with E-state index in [1.165, 1.54) is 83.5 Å². The van der Waals surface area contributed by atoms with E-state index in [-0.39, 0.29) is 38.6 Å². The fourth-order valence-electron chi connectivity index (χ4n) is 8.34. The summed E-state index contributed by atoms with van der Waals surface area (Å²) in [6.07, 6.45) is 90.2. The second-order valence-electron chi connectivity index (χ2n) is 22.3. The lowest BCUT2D eigenvalue weighted by Gasteiger charge is -2.26. The quantitative estimate of drug-likeness (QED) is 0.0195. The summed E-state index contributed by atoms with van der Waals surface area (Å²) in [5, 5.41) is 11.8. The molecule has 0 aliphatic heterocycles. The van der Waals surface area contributed by atoms with Gasteiger partial charge in [0.15, 0.2) is 12.4 Å². The molecule has 0 aromatic heterocycles. The average molecular weight is 1150 g/mol. The van der Waals surface area contributed by atoms with Crippen molar-refractivity contribution in [1.82, 2.24) is 0 Å². The van der Waals surface area contributed by atoms with Gasteiger partial charge in [-0.3, -0.25) is 9.59 Å². The van der Waals surface area contributed by atoms with Crippen molar-refractivity contribution in [1.29, 1.82) is 0 Å². The highest BCUT2D eigenvalue weighted by Gasteiger charge is 2.22. The molecule has 9 nitrogen and oxygen atoms in total. The van der Waals surface area contributed by atoms with E-state index >= 15 is 0 Å². The summed E-state index contributed by atoms with van der Waals surface area (Å²) < 4.78 is 22.7. The molecule has 0 radical (unpaired) electrons. The van der Waals surface area contributed by atoms with Crippen molar-refractivity contribution >= 4 is 17.9 Å². The van der Waals surface area contributed by atoms with Crippen molar-refractivity contribution in [2.45, 2.75) is 245 Å². The number of ether oxygens (including phenoxy) is 4. The van der Waals surface area contributed by atoms with Crippen LogP contribution in [0.1, 0.15) is 232 Å². The van der Waals surface area contributed by atoms with Crippen LogP contribution in [0.2, 0.25) is 0 Å². The van der Waals surface area contributed by atoms with Gasteiger partial charge in [-0.1, -0.05) is 255 Å².